The van der Waals surface area contributed by atoms with Gasteiger partial charge in [-0.05, 0) is 25.7 Å². The van der Waals surface area contributed by atoms with Crippen molar-refractivity contribution in [2.24, 2.45) is 5.92 Å². The Labute approximate surface area is 158 Å². The number of hydrogen-bond acceptors (Lipinski definition) is 6. The van der Waals surface area contributed by atoms with Crippen molar-refractivity contribution in [2.75, 3.05) is 6.54 Å². The van der Waals surface area contributed by atoms with Gasteiger partial charge in [-0.1, -0.05) is 20.8 Å². The molecule has 1 rings (SSSR count). The van der Waals surface area contributed by atoms with E-state index in [0.29, 0.717) is 13.0 Å². The quantitative estimate of drug-likeness (QED) is 0.500. The molecule has 0 aliphatic rings. The van der Waals surface area contributed by atoms with Crippen LogP contribution in [0.25, 0.3) is 0 Å². The van der Waals surface area contributed by atoms with Crippen LogP contribution in [-0.2, 0) is 14.4 Å². The minimum absolute atomic E-state index is 0.0875. The Kier molecular flexibility index (Phi) is 9.04. The lowest BCUT2D eigenvalue weighted by atomic mass is 10.0. The summed E-state index contributed by atoms with van der Waals surface area (Å²) in [7, 11) is 0. The van der Waals surface area contributed by atoms with E-state index in [4.69, 9.17) is 0 Å². The maximum absolute atomic E-state index is 12.7. The molecule has 1 unspecified atom stereocenters. The molecule has 0 spiro atoms. The van der Waals surface area contributed by atoms with Gasteiger partial charge in [0.2, 0.25) is 11.7 Å². The Bertz CT molecular complexity index is 663. The van der Waals surface area contributed by atoms with E-state index in [1.54, 1.807) is 13.8 Å². The number of hydrogen-bond donors (Lipinski definition) is 3. The molecule has 0 saturated carbocycles. The minimum Gasteiger partial charge on any atom is -0.350 e. The second-order valence-electron chi connectivity index (χ2n) is 6.44. The third-order valence-electron chi connectivity index (χ3n) is 3.73. The number of amides is 3. The zero-order chi connectivity index (χ0) is 20.4. The molecule has 0 bridgehead atoms. The Morgan fingerprint density at radius 1 is 1.04 bits per heavy atom. The van der Waals surface area contributed by atoms with Gasteiger partial charge >= 0.3 is 0 Å². The number of nitrogens with one attached hydrogen (secondary N) is 3. The molecule has 27 heavy (non-hydrogen) atoms. The van der Waals surface area contributed by atoms with Gasteiger partial charge in [0.15, 0.2) is 0 Å². The van der Waals surface area contributed by atoms with Gasteiger partial charge in [-0.2, -0.15) is 0 Å². The average molecular weight is 377 g/mol. The lowest BCUT2D eigenvalue weighted by Crippen LogP contribution is -2.54. The van der Waals surface area contributed by atoms with E-state index >= 15 is 0 Å². The number of rotatable bonds is 10. The standard InChI is InChI=1S/C18H27N5O4/c1-5-12(15(24)18(27)20-6-2)22-16(25)13(9-11(3)4)23-17(26)14-10-19-7-8-21-14/h7-8,10-13H,5-6,9H2,1-4H3,(H,20,27)(H,22,25)(H,23,26)/t12?,13-/m0/s1. The highest BCUT2D eigenvalue weighted by molar-refractivity contribution is 6.38. The summed E-state index contributed by atoms with van der Waals surface area (Å²) in [4.78, 5) is 56.6. The van der Waals surface area contributed by atoms with Crippen LogP contribution in [0.1, 0.15) is 51.0 Å². The van der Waals surface area contributed by atoms with E-state index in [1.165, 1.54) is 18.6 Å². The molecule has 0 saturated heterocycles. The zero-order valence-corrected chi connectivity index (χ0v) is 16.1. The summed E-state index contributed by atoms with van der Waals surface area (Å²) in [6, 6.07) is -1.82. The minimum atomic E-state index is -0.952. The average Bonchev–Trinajstić information content (AvgIpc) is 2.65. The normalized spacial score (nSPS) is 12.8. The van der Waals surface area contributed by atoms with Gasteiger partial charge in [0.1, 0.15) is 11.7 Å². The first-order valence-electron chi connectivity index (χ1n) is 8.99. The van der Waals surface area contributed by atoms with E-state index in [9.17, 15) is 19.2 Å². The number of aromatic nitrogens is 2. The fraction of sp³-hybridized carbons (Fsp3) is 0.556. The lowest BCUT2D eigenvalue weighted by molar-refractivity contribution is -0.140. The summed E-state index contributed by atoms with van der Waals surface area (Å²) in [5.41, 5.74) is 0.0875. The summed E-state index contributed by atoms with van der Waals surface area (Å²) >= 11 is 0. The van der Waals surface area contributed by atoms with E-state index in [2.05, 4.69) is 25.9 Å². The van der Waals surface area contributed by atoms with E-state index in [1.807, 2.05) is 13.8 Å². The third kappa shape index (κ3) is 7.12. The van der Waals surface area contributed by atoms with Gasteiger partial charge in [0.25, 0.3) is 11.8 Å². The topological polar surface area (TPSA) is 130 Å². The molecule has 9 heteroatoms. The summed E-state index contributed by atoms with van der Waals surface area (Å²) < 4.78 is 0. The fourth-order valence-electron chi connectivity index (χ4n) is 2.38. The Balaban J connectivity index is 2.85. The predicted octanol–water partition coefficient (Wildman–Crippen LogP) is 0.221. The van der Waals surface area contributed by atoms with Gasteiger partial charge in [-0.3, -0.25) is 24.2 Å². The highest BCUT2D eigenvalue weighted by Gasteiger charge is 2.29. The SMILES string of the molecule is CCNC(=O)C(=O)C(CC)NC(=O)[C@H](CC(C)C)NC(=O)c1cnccn1. The Morgan fingerprint density at radius 3 is 2.26 bits per heavy atom. The van der Waals surface area contributed by atoms with Gasteiger partial charge in [0, 0.05) is 18.9 Å². The fourth-order valence-corrected chi connectivity index (χ4v) is 2.38. The van der Waals surface area contributed by atoms with Gasteiger partial charge < -0.3 is 16.0 Å². The molecule has 1 aromatic rings. The summed E-state index contributed by atoms with van der Waals surface area (Å²) in [6.45, 7) is 7.53. The predicted molar refractivity (Wildman–Crippen MR) is 98.7 cm³/mol. The van der Waals surface area contributed by atoms with Crippen molar-refractivity contribution >= 4 is 23.5 Å². The van der Waals surface area contributed by atoms with Crippen molar-refractivity contribution in [1.29, 1.82) is 0 Å². The maximum atomic E-state index is 12.7. The van der Waals surface area contributed by atoms with Crippen LogP contribution in [0.3, 0.4) is 0 Å². The zero-order valence-electron chi connectivity index (χ0n) is 16.1. The first kappa shape index (κ1) is 22.2. The Hall–Kier alpha value is -2.84. The van der Waals surface area contributed by atoms with Crippen LogP contribution in [-0.4, -0.2) is 52.1 Å². The molecule has 0 aromatic carbocycles. The van der Waals surface area contributed by atoms with E-state index in [0.717, 1.165) is 0 Å². The molecule has 1 aromatic heterocycles. The summed E-state index contributed by atoms with van der Waals surface area (Å²) in [6.07, 6.45) is 4.74. The van der Waals surface area contributed by atoms with Crippen LogP contribution in [0.15, 0.2) is 18.6 Å². The van der Waals surface area contributed by atoms with Crippen molar-refractivity contribution in [3.63, 3.8) is 0 Å². The number of carbonyl (C=O) groups excluding carboxylic acids is 4. The molecule has 0 aliphatic heterocycles. The number of Topliss-reactive ketones (excluding diaryl/α,β-unsaturated/α-hetero) is 1. The third-order valence-corrected chi connectivity index (χ3v) is 3.73. The molecular formula is C18H27N5O4. The van der Waals surface area contributed by atoms with Gasteiger partial charge in [0.05, 0.1) is 12.2 Å². The molecular weight excluding hydrogens is 350 g/mol. The molecule has 148 valence electrons. The highest BCUT2D eigenvalue weighted by Crippen LogP contribution is 2.07. The number of ketones is 1. The largest absolute Gasteiger partial charge is 0.350 e. The van der Waals surface area contributed by atoms with E-state index in [-0.39, 0.29) is 18.0 Å². The lowest BCUT2D eigenvalue weighted by Gasteiger charge is -2.23. The number of carbonyl (C=O) groups is 4. The van der Waals surface area contributed by atoms with Crippen molar-refractivity contribution < 1.29 is 19.2 Å². The van der Waals surface area contributed by atoms with Crippen molar-refractivity contribution in [1.82, 2.24) is 25.9 Å². The molecule has 3 N–H and O–H groups in total. The second kappa shape index (κ2) is 11.0. The summed E-state index contributed by atoms with van der Waals surface area (Å²) in [5, 5.41) is 7.61. The van der Waals surface area contributed by atoms with Gasteiger partial charge in [-0.25, -0.2) is 4.98 Å². The van der Waals surface area contributed by atoms with Crippen molar-refractivity contribution in [2.45, 2.75) is 52.6 Å². The Morgan fingerprint density at radius 2 is 1.74 bits per heavy atom. The molecule has 0 fully saturated rings. The van der Waals surface area contributed by atoms with Crippen molar-refractivity contribution in [3.05, 3.63) is 24.3 Å². The highest BCUT2D eigenvalue weighted by atomic mass is 16.2. The number of likely N-dealkylation sites (N-methyl/N-ethyl adjacent to an activating group) is 1. The smallest absolute Gasteiger partial charge is 0.289 e. The second-order valence-corrected chi connectivity index (χ2v) is 6.44. The molecule has 2 atom stereocenters. The molecule has 0 aliphatic carbocycles. The van der Waals surface area contributed by atoms with Gasteiger partial charge in [-0.15, -0.1) is 0 Å². The monoisotopic (exact) mass is 377 g/mol. The first-order valence-corrected chi connectivity index (χ1v) is 8.99. The molecule has 9 nitrogen and oxygen atoms in total. The van der Waals surface area contributed by atoms with Crippen LogP contribution in [0, 0.1) is 5.92 Å². The first-order chi connectivity index (χ1) is 12.8. The molecule has 3 amide bonds. The van der Waals surface area contributed by atoms with Crippen LogP contribution in [0.2, 0.25) is 0 Å². The molecule has 1 heterocycles. The van der Waals surface area contributed by atoms with Crippen LogP contribution in [0.5, 0.6) is 0 Å². The van der Waals surface area contributed by atoms with Crippen LogP contribution in [0.4, 0.5) is 0 Å². The van der Waals surface area contributed by atoms with Crippen molar-refractivity contribution in [3.8, 4) is 0 Å². The maximum Gasteiger partial charge on any atom is 0.289 e. The molecule has 0 radical (unpaired) electrons. The van der Waals surface area contributed by atoms with Crippen LogP contribution < -0.4 is 16.0 Å². The summed E-state index contributed by atoms with van der Waals surface area (Å²) in [5.74, 6) is -2.40. The van der Waals surface area contributed by atoms with Crippen LogP contribution >= 0.6 is 0 Å². The van der Waals surface area contributed by atoms with E-state index < -0.39 is 35.6 Å². The number of nitrogens with zero attached hydrogens (tertiary/aromatic N) is 2.